The molecule has 8 heteroatoms. The van der Waals surface area contributed by atoms with Gasteiger partial charge in [0.15, 0.2) is 0 Å². The molecule has 1 N–H and O–H groups in total. The maximum Gasteiger partial charge on any atom is 0.225 e. The van der Waals surface area contributed by atoms with Crippen LogP contribution in [0, 0.1) is 12.7 Å². The van der Waals surface area contributed by atoms with Crippen LogP contribution in [0.1, 0.15) is 17.5 Å². The maximum atomic E-state index is 13.0. The first-order valence-electron chi connectivity index (χ1n) is 7.91. The fraction of sp³-hybridized carbons (Fsp3) is 0.278. The number of amides is 1. The van der Waals surface area contributed by atoms with Crippen molar-refractivity contribution in [3.63, 3.8) is 0 Å². The number of rotatable bonds is 7. The second-order valence-electron chi connectivity index (χ2n) is 5.98. The van der Waals surface area contributed by atoms with Crippen molar-refractivity contribution in [1.82, 2.24) is 4.31 Å². The molecule has 2 rings (SSSR count). The zero-order chi connectivity index (χ0) is 19.3. The molecule has 0 aromatic heterocycles. The lowest BCUT2D eigenvalue weighted by Crippen LogP contribution is -2.32. The highest BCUT2D eigenvalue weighted by molar-refractivity contribution is 7.88. The van der Waals surface area contributed by atoms with Crippen LogP contribution in [0.4, 0.5) is 10.1 Å². The van der Waals surface area contributed by atoms with Crippen molar-refractivity contribution >= 4 is 33.2 Å². The third kappa shape index (κ3) is 6.09. The number of aryl methyl sites for hydroxylation is 1. The third-order valence-electron chi connectivity index (χ3n) is 3.80. The average molecular weight is 399 g/mol. The van der Waals surface area contributed by atoms with Crippen LogP contribution in [0.15, 0.2) is 42.5 Å². The Hall–Kier alpha value is -1.96. The molecule has 0 aliphatic heterocycles. The molecule has 0 aliphatic rings. The summed E-state index contributed by atoms with van der Waals surface area (Å²) in [5.74, 6) is -0.709. The topological polar surface area (TPSA) is 66.5 Å². The van der Waals surface area contributed by atoms with Gasteiger partial charge >= 0.3 is 0 Å². The van der Waals surface area contributed by atoms with Crippen molar-refractivity contribution in [3.8, 4) is 0 Å². The van der Waals surface area contributed by atoms with Gasteiger partial charge in [-0.15, -0.1) is 0 Å². The Labute approximate surface area is 157 Å². The number of benzene rings is 2. The Kier molecular flexibility index (Phi) is 6.75. The van der Waals surface area contributed by atoms with Gasteiger partial charge in [0.25, 0.3) is 0 Å². The summed E-state index contributed by atoms with van der Waals surface area (Å²) >= 11 is 5.92. The largest absolute Gasteiger partial charge is 0.326 e. The second kappa shape index (κ2) is 8.62. The Bertz CT molecular complexity index is 886. The Morgan fingerprint density at radius 3 is 2.46 bits per heavy atom. The Morgan fingerprint density at radius 1 is 1.19 bits per heavy atom. The van der Waals surface area contributed by atoms with Crippen molar-refractivity contribution in [2.75, 3.05) is 18.1 Å². The lowest BCUT2D eigenvalue weighted by Gasteiger charge is -2.20. The number of halogens is 2. The van der Waals surface area contributed by atoms with Crippen molar-refractivity contribution in [1.29, 1.82) is 0 Å². The summed E-state index contributed by atoms with van der Waals surface area (Å²) in [6.45, 7) is 1.92. The van der Waals surface area contributed by atoms with Gasteiger partial charge in [0.1, 0.15) is 5.82 Å². The van der Waals surface area contributed by atoms with E-state index in [-0.39, 0.29) is 25.4 Å². The zero-order valence-corrected chi connectivity index (χ0v) is 16.1. The third-order valence-corrected chi connectivity index (χ3v) is 5.29. The van der Waals surface area contributed by atoms with E-state index in [1.807, 2.05) is 6.92 Å². The number of nitrogens with zero attached hydrogens (tertiary/aromatic N) is 1. The minimum absolute atomic E-state index is 0.0137. The number of carbonyl (C=O) groups is 1. The van der Waals surface area contributed by atoms with Crippen LogP contribution >= 0.6 is 11.6 Å². The molecule has 0 atom stereocenters. The SMILES string of the molecule is Cc1ccc(Cl)cc1NC(=O)CCN(Cc1ccc(F)cc1)S(C)(=O)=O. The average Bonchev–Trinajstić information content (AvgIpc) is 2.55. The Morgan fingerprint density at radius 2 is 1.85 bits per heavy atom. The number of sulfonamides is 1. The van der Waals surface area contributed by atoms with Gasteiger partial charge in [-0.1, -0.05) is 29.8 Å². The number of carbonyl (C=O) groups excluding carboxylic acids is 1. The van der Waals surface area contributed by atoms with E-state index in [1.54, 1.807) is 18.2 Å². The minimum atomic E-state index is -3.52. The molecule has 5 nitrogen and oxygen atoms in total. The highest BCUT2D eigenvalue weighted by atomic mass is 35.5. The number of hydrogen-bond donors (Lipinski definition) is 1. The van der Waals surface area contributed by atoms with E-state index >= 15 is 0 Å². The summed E-state index contributed by atoms with van der Waals surface area (Å²) in [6.07, 6.45) is 1.07. The molecule has 0 radical (unpaired) electrons. The van der Waals surface area contributed by atoms with Gasteiger partial charge in [0.05, 0.1) is 6.26 Å². The van der Waals surface area contributed by atoms with Crippen LogP contribution in [0.25, 0.3) is 0 Å². The lowest BCUT2D eigenvalue weighted by molar-refractivity contribution is -0.116. The normalized spacial score (nSPS) is 11.6. The molecule has 0 saturated heterocycles. The molecule has 0 saturated carbocycles. The molecule has 140 valence electrons. The van der Waals surface area contributed by atoms with E-state index < -0.39 is 15.8 Å². The summed E-state index contributed by atoms with van der Waals surface area (Å²) in [5, 5.41) is 3.23. The summed E-state index contributed by atoms with van der Waals surface area (Å²) < 4.78 is 38.1. The van der Waals surface area contributed by atoms with Crippen LogP contribution < -0.4 is 5.32 Å². The molecule has 0 unspecified atom stereocenters. The highest BCUT2D eigenvalue weighted by Gasteiger charge is 2.18. The molecular weight excluding hydrogens is 379 g/mol. The summed E-state index contributed by atoms with van der Waals surface area (Å²) in [6, 6.07) is 10.7. The quantitative estimate of drug-likeness (QED) is 0.775. The van der Waals surface area contributed by atoms with Gasteiger partial charge in [-0.25, -0.2) is 12.8 Å². The number of hydrogen-bond acceptors (Lipinski definition) is 3. The van der Waals surface area contributed by atoms with Gasteiger partial charge in [-0.05, 0) is 42.3 Å². The fourth-order valence-corrected chi connectivity index (χ4v) is 3.30. The smallest absolute Gasteiger partial charge is 0.225 e. The van der Waals surface area contributed by atoms with E-state index in [1.165, 1.54) is 28.6 Å². The molecule has 0 aliphatic carbocycles. The van der Waals surface area contributed by atoms with Gasteiger partial charge in [0, 0.05) is 30.2 Å². The van der Waals surface area contributed by atoms with Crippen molar-refractivity contribution in [3.05, 3.63) is 64.4 Å². The van der Waals surface area contributed by atoms with E-state index in [2.05, 4.69) is 5.32 Å². The number of anilines is 1. The molecule has 2 aromatic rings. The van der Waals surface area contributed by atoms with Gasteiger partial charge in [-0.2, -0.15) is 4.31 Å². The van der Waals surface area contributed by atoms with Crippen molar-refractivity contribution < 1.29 is 17.6 Å². The van der Waals surface area contributed by atoms with E-state index in [4.69, 9.17) is 11.6 Å². The van der Waals surface area contributed by atoms with E-state index in [0.717, 1.165) is 11.8 Å². The maximum absolute atomic E-state index is 13.0. The summed E-state index contributed by atoms with van der Waals surface area (Å²) in [7, 11) is -3.52. The van der Waals surface area contributed by atoms with Crippen LogP contribution in [-0.4, -0.2) is 31.4 Å². The van der Waals surface area contributed by atoms with Gasteiger partial charge in [-0.3, -0.25) is 4.79 Å². The number of nitrogens with one attached hydrogen (secondary N) is 1. The molecular formula is C18H20ClFN2O3S. The molecule has 1 amide bonds. The zero-order valence-electron chi connectivity index (χ0n) is 14.5. The molecule has 0 heterocycles. The predicted octanol–water partition coefficient (Wildman–Crippen LogP) is 3.58. The molecule has 26 heavy (non-hydrogen) atoms. The standard InChI is InChI=1S/C18H20ClFN2O3S/c1-13-3-6-15(19)11-17(13)21-18(23)9-10-22(26(2,24)25)12-14-4-7-16(20)8-5-14/h3-8,11H,9-10,12H2,1-2H3,(H,21,23). The van der Waals surface area contributed by atoms with Crippen molar-refractivity contribution in [2.45, 2.75) is 19.9 Å². The van der Waals surface area contributed by atoms with E-state index in [0.29, 0.717) is 16.3 Å². The fourth-order valence-electron chi connectivity index (χ4n) is 2.32. The summed E-state index contributed by atoms with van der Waals surface area (Å²) in [5.41, 5.74) is 2.09. The summed E-state index contributed by atoms with van der Waals surface area (Å²) in [4.78, 5) is 12.2. The first-order chi connectivity index (χ1) is 12.1. The van der Waals surface area contributed by atoms with Crippen LogP contribution in [0.2, 0.25) is 5.02 Å². The molecule has 2 aromatic carbocycles. The van der Waals surface area contributed by atoms with E-state index in [9.17, 15) is 17.6 Å². The van der Waals surface area contributed by atoms with Crippen LogP contribution in [0.3, 0.4) is 0 Å². The van der Waals surface area contributed by atoms with Crippen LogP contribution in [0.5, 0.6) is 0 Å². The first kappa shape index (κ1) is 20.4. The first-order valence-corrected chi connectivity index (χ1v) is 10.1. The van der Waals surface area contributed by atoms with Crippen molar-refractivity contribution in [2.24, 2.45) is 0 Å². The minimum Gasteiger partial charge on any atom is -0.326 e. The van der Waals surface area contributed by atoms with Gasteiger partial charge in [0.2, 0.25) is 15.9 Å². The molecule has 0 bridgehead atoms. The predicted molar refractivity (Wildman–Crippen MR) is 101 cm³/mol. The molecule has 0 spiro atoms. The monoisotopic (exact) mass is 398 g/mol. The van der Waals surface area contributed by atoms with Gasteiger partial charge < -0.3 is 5.32 Å². The highest BCUT2D eigenvalue weighted by Crippen LogP contribution is 2.20. The second-order valence-corrected chi connectivity index (χ2v) is 8.40. The lowest BCUT2D eigenvalue weighted by atomic mass is 10.2. The molecule has 0 fully saturated rings. The van der Waals surface area contributed by atoms with Crippen LogP contribution in [-0.2, 0) is 21.4 Å². The Balaban J connectivity index is 2.01.